The van der Waals surface area contributed by atoms with Crippen LogP contribution in [0.4, 0.5) is 0 Å². The standard InChI is InChI=1S/C7H6Cl2O3S2/c1-14(11,12)3-5(10)4-2-6(8)13-7(4)9/h2H,3H2,1H3. The highest BCUT2D eigenvalue weighted by atomic mass is 35.5. The van der Waals surface area contributed by atoms with Crippen LogP contribution in [0.1, 0.15) is 10.4 Å². The average molecular weight is 273 g/mol. The minimum atomic E-state index is -3.33. The van der Waals surface area contributed by atoms with Gasteiger partial charge in [0.25, 0.3) is 0 Å². The molecule has 1 heterocycles. The molecule has 3 nitrogen and oxygen atoms in total. The molecule has 0 unspecified atom stereocenters. The SMILES string of the molecule is CS(=O)(=O)CC(=O)c1cc(Cl)sc1Cl. The molecule has 0 saturated heterocycles. The van der Waals surface area contributed by atoms with Gasteiger partial charge in [-0.3, -0.25) is 4.79 Å². The number of sulfone groups is 1. The highest BCUT2D eigenvalue weighted by molar-refractivity contribution is 7.91. The zero-order valence-corrected chi connectivity index (χ0v) is 10.2. The Labute approximate surface area is 95.6 Å². The van der Waals surface area contributed by atoms with Crippen molar-refractivity contribution in [3.05, 3.63) is 20.3 Å². The van der Waals surface area contributed by atoms with Gasteiger partial charge in [0.05, 0.1) is 4.34 Å². The highest BCUT2D eigenvalue weighted by Gasteiger charge is 2.18. The summed E-state index contributed by atoms with van der Waals surface area (Å²) in [7, 11) is -3.33. The van der Waals surface area contributed by atoms with Crippen LogP contribution in [0.5, 0.6) is 0 Å². The summed E-state index contributed by atoms with van der Waals surface area (Å²) < 4.78 is 22.3. The third-order valence-corrected chi connectivity index (χ3v) is 3.62. The zero-order valence-electron chi connectivity index (χ0n) is 7.08. The maximum atomic E-state index is 11.4. The van der Waals surface area contributed by atoms with E-state index in [1.807, 2.05) is 0 Å². The van der Waals surface area contributed by atoms with Crippen molar-refractivity contribution in [2.75, 3.05) is 12.0 Å². The number of rotatable bonds is 3. The molecule has 78 valence electrons. The average Bonchev–Trinajstić information content (AvgIpc) is 2.26. The lowest BCUT2D eigenvalue weighted by molar-refractivity contribution is 0.102. The van der Waals surface area contributed by atoms with E-state index in [-0.39, 0.29) is 9.90 Å². The van der Waals surface area contributed by atoms with Crippen LogP contribution in [-0.2, 0) is 9.84 Å². The molecule has 0 aliphatic carbocycles. The Balaban J connectivity index is 2.96. The summed E-state index contributed by atoms with van der Waals surface area (Å²) in [4.78, 5) is 11.4. The summed E-state index contributed by atoms with van der Waals surface area (Å²) in [5.41, 5.74) is 0.173. The van der Waals surface area contributed by atoms with Crippen molar-refractivity contribution in [2.45, 2.75) is 0 Å². The Hall–Kier alpha value is -0.100. The first-order valence-electron chi connectivity index (χ1n) is 3.45. The predicted molar refractivity (Wildman–Crippen MR) is 58.4 cm³/mol. The van der Waals surface area contributed by atoms with Gasteiger partial charge in [-0.2, -0.15) is 0 Å². The molecule has 0 aliphatic rings. The minimum Gasteiger partial charge on any atom is -0.293 e. The molecule has 0 radical (unpaired) electrons. The van der Waals surface area contributed by atoms with E-state index >= 15 is 0 Å². The normalized spacial score (nSPS) is 11.6. The maximum Gasteiger partial charge on any atom is 0.180 e. The summed E-state index contributed by atoms with van der Waals surface area (Å²) in [6, 6.07) is 1.38. The number of carbonyl (C=O) groups is 1. The van der Waals surface area contributed by atoms with Crippen LogP contribution in [-0.4, -0.2) is 26.2 Å². The van der Waals surface area contributed by atoms with Crippen LogP contribution in [0, 0.1) is 0 Å². The maximum absolute atomic E-state index is 11.4. The zero-order chi connectivity index (χ0) is 10.9. The molecule has 0 atom stereocenters. The van der Waals surface area contributed by atoms with Crippen LogP contribution in [0.2, 0.25) is 8.67 Å². The van der Waals surface area contributed by atoms with Gasteiger partial charge in [-0.1, -0.05) is 23.2 Å². The number of halogens is 2. The van der Waals surface area contributed by atoms with Gasteiger partial charge in [0.15, 0.2) is 15.6 Å². The summed E-state index contributed by atoms with van der Waals surface area (Å²) in [6.07, 6.45) is 0.993. The molecule has 0 bridgehead atoms. The molecule has 1 aromatic heterocycles. The molecule has 0 N–H and O–H groups in total. The highest BCUT2D eigenvalue weighted by Crippen LogP contribution is 2.31. The Bertz CT molecular complexity index is 461. The Morgan fingerprint density at radius 1 is 1.50 bits per heavy atom. The lowest BCUT2D eigenvalue weighted by Crippen LogP contribution is -2.14. The van der Waals surface area contributed by atoms with Gasteiger partial charge in [0.1, 0.15) is 10.1 Å². The van der Waals surface area contributed by atoms with Crippen LogP contribution in [0.15, 0.2) is 6.07 Å². The first kappa shape index (κ1) is 12.0. The third kappa shape index (κ3) is 3.24. The second-order valence-corrected chi connectivity index (χ2v) is 7.16. The molecule has 0 saturated carbocycles. The second kappa shape index (κ2) is 4.18. The van der Waals surface area contributed by atoms with Crippen molar-refractivity contribution in [3.8, 4) is 0 Å². The van der Waals surface area contributed by atoms with Gasteiger partial charge < -0.3 is 0 Å². The molecule has 0 fully saturated rings. The molecular weight excluding hydrogens is 267 g/mol. The van der Waals surface area contributed by atoms with Crippen molar-refractivity contribution < 1.29 is 13.2 Å². The molecule has 0 aromatic carbocycles. The number of carbonyl (C=O) groups excluding carboxylic acids is 1. The molecule has 0 spiro atoms. The lowest BCUT2D eigenvalue weighted by Gasteiger charge is -1.95. The minimum absolute atomic E-state index is 0.173. The Morgan fingerprint density at radius 3 is 2.43 bits per heavy atom. The van der Waals surface area contributed by atoms with Crippen molar-refractivity contribution >= 4 is 50.2 Å². The molecule has 14 heavy (non-hydrogen) atoms. The van der Waals surface area contributed by atoms with Gasteiger partial charge in [-0.15, -0.1) is 11.3 Å². The van der Waals surface area contributed by atoms with E-state index in [0.717, 1.165) is 17.6 Å². The van der Waals surface area contributed by atoms with Crippen molar-refractivity contribution in [1.82, 2.24) is 0 Å². The molecule has 1 rings (SSSR count). The molecule has 1 aromatic rings. The molecular formula is C7H6Cl2O3S2. The first-order valence-corrected chi connectivity index (χ1v) is 7.08. The number of hydrogen-bond acceptors (Lipinski definition) is 4. The predicted octanol–water partition coefficient (Wildman–Crippen LogP) is 2.28. The topological polar surface area (TPSA) is 51.2 Å². The summed E-state index contributed by atoms with van der Waals surface area (Å²) in [5.74, 6) is -1.07. The monoisotopic (exact) mass is 272 g/mol. The van der Waals surface area contributed by atoms with Gasteiger partial charge in [0, 0.05) is 11.8 Å². The largest absolute Gasteiger partial charge is 0.293 e. The lowest BCUT2D eigenvalue weighted by atomic mass is 10.2. The van der Waals surface area contributed by atoms with Crippen molar-refractivity contribution in [1.29, 1.82) is 0 Å². The van der Waals surface area contributed by atoms with Crippen LogP contribution in [0.3, 0.4) is 0 Å². The number of thiophene rings is 1. The van der Waals surface area contributed by atoms with E-state index in [9.17, 15) is 13.2 Å². The smallest absolute Gasteiger partial charge is 0.180 e. The van der Waals surface area contributed by atoms with Crippen molar-refractivity contribution in [2.24, 2.45) is 0 Å². The van der Waals surface area contributed by atoms with E-state index in [1.54, 1.807) is 0 Å². The van der Waals surface area contributed by atoms with Gasteiger partial charge in [-0.05, 0) is 6.07 Å². The third-order valence-electron chi connectivity index (χ3n) is 1.35. The number of hydrogen-bond donors (Lipinski definition) is 0. The summed E-state index contributed by atoms with van der Waals surface area (Å²) >= 11 is 12.3. The summed E-state index contributed by atoms with van der Waals surface area (Å²) in [5, 5.41) is 0. The quantitative estimate of drug-likeness (QED) is 0.794. The van der Waals surface area contributed by atoms with E-state index in [1.165, 1.54) is 6.07 Å². The van der Waals surface area contributed by atoms with E-state index in [0.29, 0.717) is 4.34 Å². The summed E-state index contributed by atoms with van der Waals surface area (Å²) in [6.45, 7) is 0. The molecule has 0 aliphatic heterocycles. The fraction of sp³-hybridized carbons (Fsp3) is 0.286. The molecule has 7 heteroatoms. The van der Waals surface area contributed by atoms with Gasteiger partial charge in [0.2, 0.25) is 0 Å². The Morgan fingerprint density at radius 2 is 2.07 bits per heavy atom. The van der Waals surface area contributed by atoms with Crippen LogP contribution < -0.4 is 0 Å². The van der Waals surface area contributed by atoms with E-state index in [4.69, 9.17) is 23.2 Å². The second-order valence-electron chi connectivity index (χ2n) is 2.73. The van der Waals surface area contributed by atoms with E-state index < -0.39 is 21.4 Å². The Kier molecular flexibility index (Phi) is 3.58. The fourth-order valence-corrected chi connectivity index (χ4v) is 2.98. The van der Waals surface area contributed by atoms with E-state index in [2.05, 4.69) is 0 Å². The first-order chi connectivity index (χ1) is 6.29. The van der Waals surface area contributed by atoms with Crippen LogP contribution in [0.25, 0.3) is 0 Å². The fourth-order valence-electron chi connectivity index (χ4n) is 0.846. The van der Waals surface area contributed by atoms with Gasteiger partial charge >= 0.3 is 0 Å². The van der Waals surface area contributed by atoms with Gasteiger partial charge in [-0.25, -0.2) is 8.42 Å². The van der Waals surface area contributed by atoms with Crippen LogP contribution >= 0.6 is 34.5 Å². The number of Topliss-reactive ketones (excluding diaryl/α,β-unsaturated/α-hetero) is 1. The number of ketones is 1. The molecule has 0 amide bonds. The van der Waals surface area contributed by atoms with Crippen molar-refractivity contribution in [3.63, 3.8) is 0 Å².